The lowest BCUT2D eigenvalue weighted by Crippen LogP contribution is -2.23. The Morgan fingerprint density at radius 3 is 2.62 bits per heavy atom. The number of aromatic nitrogens is 3. The van der Waals surface area contributed by atoms with Crippen molar-refractivity contribution in [1.82, 2.24) is 14.5 Å². The molecule has 2 heterocycles. The zero-order chi connectivity index (χ0) is 15.6. The SMILES string of the molecule is CNc1cc(C)nc(Cn2cc(C(F)(F)F)ccc2=O)n1. The summed E-state index contributed by atoms with van der Waals surface area (Å²) in [4.78, 5) is 19.9. The molecule has 2 aromatic heterocycles. The average Bonchev–Trinajstić information content (AvgIpc) is 2.39. The van der Waals surface area contributed by atoms with Crippen molar-refractivity contribution in [2.75, 3.05) is 12.4 Å². The van der Waals surface area contributed by atoms with Gasteiger partial charge in [-0.05, 0) is 13.0 Å². The molecule has 5 nitrogen and oxygen atoms in total. The highest BCUT2D eigenvalue weighted by Crippen LogP contribution is 2.28. The van der Waals surface area contributed by atoms with Gasteiger partial charge in [0.05, 0.1) is 12.1 Å². The van der Waals surface area contributed by atoms with Crippen LogP contribution in [0.5, 0.6) is 0 Å². The lowest BCUT2D eigenvalue weighted by atomic mass is 10.2. The molecule has 0 saturated carbocycles. The summed E-state index contributed by atoms with van der Waals surface area (Å²) in [6.45, 7) is 1.61. The van der Waals surface area contributed by atoms with Gasteiger partial charge >= 0.3 is 6.18 Å². The standard InChI is InChI=1S/C13H13F3N4O/c1-8-5-10(17-2)19-11(18-8)7-20-6-9(13(14,15)16)3-4-12(20)21/h3-6H,7H2,1-2H3,(H,17,18,19). The zero-order valence-electron chi connectivity index (χ0n) is 11.4. The molecule has 0 spiro atoms. The number of alkyl halides is 3. The maximum atomic E-state index is 12.7. The van der Waals surface area contributed by atoms with E-state index in [1.807, 2.05) is 0 Å². The zero-order valence-corrected chi connectivity index (χ0v) is 11.4. The van der Waals surface area contributed by atoms with Gasteiger partial charge in [-0.1, -0.05) is 0 Å². The van der Waals surface area contributed by atoms with Crippen LogP contribution in [0.25, 0.3) is 0 Å². The van der Waals surface area contributed by atoms with Gasteiger partial charge in [0.2, 0.25) is 0 Å². The molecule has 0 unspecified atom stereocenters. The number of hydrogen-bond acceptors (Lipinski definition) is 4. The molecular formula is C13H13F3N4O. The largest absolute Gasteiger partial charge is 0.417 e. The van der Waals surface area contributed by atoms with Gasteiger partial charge < -0.3 is 9.88 Å². The van der Waals surface area contributed by atoms with Crippen molar-refractivity contribution in [2.24, 2.45) is 0 Å². The van der Waals surface area contributed by atoms with Crippen molar-refractivity contribution < 1.29 is 13.2 Å². The van der Waals surface area contributed by atoms with Crippen molar-refractivity contribution in [1.29, 1.82) is 0 Å². The summed E-state index contributed by atoms with van der Waals surface area (Å²) in [6, 6.07) is 3.34. The van der Waals surface area contributed by atoms with Crippen molar-refractivity contribution >= 4 is 5.82 Å². The van der Waals surface area contributed by atoms with Crippen LogP contribution in [0.1, 0.15) is 17.1 Å². The molecule has 0 amide bonds. The van der Waals surface area contributed by atoms with E-state index in [1.165, 1.54) is 0 Å². The minimum Gasteiger partial charge on any atom is -0.373 e. The van der Waals surface area contributed by atoms with Crippen LogP contribution in [-0.2, 0) is 12.7 Å². The van der Waals surface area contributed by atoms with E-state index in [2.05, 4.69) is 15.3 Å². The van der Waals surface area contributed by atoms with E-state index in [0.29, 0.717) is 11.5 Å². The Hall–Kier alpha value is -2.38. The molecule has 0 fully saturated rings. The topological polar surface area (TPSA) is 59.8 Å². The first-order chi connectivity index (χ1) is 9.79. The Kier molecular flexibility index (Phi) is 3.97. The van der Waals surface area contributed by atoms with E-state index in [-0.39, 0.29) is 12.4 Å². The molecular weight excluding hydrogens is 285 g/mol. The van der Waals surface area contributed by atoms with E-state index >= 15 is 0 Å². The van der Waals surface area contributed by atoms with E-state index in [4.69, 9.17) is 0 Å². The van der Waals surface area contributed by atoms with Gasteiger partial charge in [0.1, 0.15) is 5.82 Å². The van der Waals surface area contributed by atoms with Crippen molar-refractivity contribution in [2.45, 2.75) is 19.6 Å². The summed E-state index contributed by atoms with van der Waals surface area (Å²) < 4.78 is 38.9. The lowest BCUT2D eigenvalue weighted by Gasteiger charge is -2.11. The van der Waals surface area contributed by atoms with E-state index < -0.39 is 17.3 Å². The number of rotatable bonds is 3. The van der Waals surface area contributed by atoms with Gasteiger partial charge in [-0.25, -0.2) is 9.97 Å². The van der Waals surface area contributed by atoms with Crippen molar-refractivity contribution in [3.63, 3.8) is 0 Å². The molecule has 0 aliphatic heterocycles. The fourth-order valence-electron chi connectivity index (χ4n) is 1.80. The minimum absolute atomic E-state index is 0.126. The normalized spacial score (nSPS) is 11.5. The molecule has 0 atom stereocenters. The molecule has 0 radical (unpaired) electrons. The Labute approximate surface area is 118 Å². The Morgan fingerprint density at radius 2 is 2.00 bits per heavy atom. The van der Waals surface area contributed by atoms with Gasteiger partial charge in [-0.15, -0.1) is 0 Å². The molecule has 21 heavy (non-hydrogen) atoms. The molecule has 0 saturated heterocycles. The van der Waals surface area contributed by atoms with Gasteiger partial charge in [0.25, 0.3) is 5.56 Å². The van der Waals surface area contributed by atoms with Gasteiger partial charge in [0.15, 0.2) is 5.82 Å². The third-order valence-corrected chi connectivity index (χ3v) is 2.78. The first-order valence-corrected chi connectivity index (χ1v) is 6.09. The van der Waals surface area contributed by atoms with Crippen LogP contribution in [0.4, 0.5) is 19.0 Å². The predicted octanol–water partition coefficient (Wildman–Crippen LogP) is 2.06. The summed E-state index contributed by atoms with van der Waals surface area (Å²) in [5.74, 6) is 0.804. The van der Waals surface area contributed by atoms with Gasteiger partial charge in [0, 0.05) is 31.1 Å². The second-order valence-corrected chi connectivity index (χ2v) is 4.44. The smallest absolute Gasteiger partial charge is 0.373 e. The number of nitrogens with one attached hydrogen (secondary N) is 1. The first-order valence-electron chi connectivity index (χ1n) is 6.09. The molecule has 112 valence electrons. The summed E-state index contributed by atoms with van der Waals surface area (Å²) in [7, 11) is 1.67. The molecule has 0 bridgehead atoms. The number of pyridine rings is 1. The van der Waals surface area contributed by atoms with Crippen LogP contribution >= 0.6 is 0 Å². The Morgan fingerprint density at radius 1 is 1.29 bits per heavy atom. The summed E-state index contributed by atoms with van der Waals surface area (Å²) in [5, 5.41) is 2.83. The summed E-state index contributed by atoms with van der Waals surface area (Å²) in [6.07, 6.45) is -3.73. The highest BCUT2D eigenvalue weighted by atomic mass is 19.4. The van der Waals surface area contributed by atoms with Gasteiger partial charge in [-0.2, -0.15) is 13.2 Å². The Bertz CT molecular complexity index is 709. The number of aryl methyl sites for hydroxylation is 1. The van der Waals surface area contributed by atoms with Crippen molar-refractivity contribution in [3.05, 3.63) is 51.8 Å². The van der Waals surface area contributed by atoms with Crippen LogP contribution in [0, 0.1) is 6.92 Å². The highest BCUT2D eigenvalue weighted by molar-refractivity contribution is 5.34. The third-order valence-electron chi connectivity index (χ3n) is 2.78. The molecule has 0 aliphatic rings. The van der Waals surface area contributed by atoms with Crippen LogP contribution < -0.4 is 10.9 Å². The fourth-order valence-corrected chi connectivity index (χ4v) is 1.80. The molecule has 8 heteroatoms. The maximum Gasteiger partial charge on any atom is 0.417 e. The third kappa shape index (κ3) is 3.59. The number of halogens is 3. The highest BCUT2D eigenvalue weighted by Gasteiger charge is 2.31. The molecule has 1 N–H and O–H groups in total. The first kappa shape index (κ1) is 15.0. The number of nitrogens with zero attached hydrogens (tertiary/aromatic N) is 3. The number of hydrogen-bond donors (Lipinski definition) is 1. The fraction of sp³-hybridized carbons (Fsp3) is 0.308. The van der Waals surface area contributed by atoms with Crippen LogP contribution in [0.15, 0.2) is 29.2 Å². The second-order valence-electron chi connectivity index (χ2n) is 4.44. The quantitative estimate of drug-likeness (QED) is 0.942. The molecule has 2 rings (SSSR count). The summed E-state index contributed by atoms with van der Waals surface area (Å²) >= 11 is 0. The van der Waals surface area contributed by atoms with Crippen LogP contribution in [0.3, 0.4) is 0 Å². The van der Waals surface area contributed by atoms with Gasteiger partial charge in [-0.3, -0.25) is 4.79 Å². The Balaban J connectivity index is 2.39. The predicted molar refractivity (Wildman–Crippen MR) is 71.1 cm³/mol. The van der Waals surface area contributed by atoms with E-state index in [9.17, 15) is 18.0 Å². The van der Waals surface area contributed by atoms with Crippen LogP contribution in [-0.4, -0.2) is 21.6 Å². The molecule has 2 aromatic rings. The van der Waals surface area contributed by atoms with Crippen LogP contribution in [0.2, 0.25) is 0 Å². The van der Waals surface area contributed by atoms with Crippen molar-refractivity contribution in [3.8, 4) is 0 Å². The monoisotopic (exact) mass is 298 g/mol. The molecule has 0 aromatic carbocycles. The average molecular weight is 298 g/mol. The molecule has 0 aliphatic carbocycles. The maximum absolute atomic E-state index is 12.7. The number of anilines is 1. The van der Waals surface area contributed by atoms with E-state index in [0.717, 1.165) is 22.9 Å². The van der Waals surface area contributed by atoms with E-state index in [1.54, 1.807) is 20.0 Å². The minimum atomic E-state index is -4.50. The summed E-state index contributed by atoms with van der Waals surface area (Å²) in [5.41, 5.74) is -0.771. The second kappa shape index (κ2) is 5.55. The lowest BCUT2D eigenvalue weighted by molar-refractivity contribution is -0.138.